The Kier molecular flexibility index (Phi) is 6.30. The third-order valence-corrected chi connectivity index (χ3v) is 6.99. The second kappa shape index (κ2) is 10.0. The van der Waals surface area contributed by atoms with Gasteiger partial charge in [-0.3, -0.25) is 4.98 Å². The first-order valence-corrected chi connectivity index (χ1v) is 12.9. The van der Waals surface area contributed by atoms with Crippen molar-refractivity contribution in [3.05, 3.63) is 78.9 Å². The number of pyridine rings is 3. The summed E-state index contributed by atoms with van der Waals surface area (Å²) in [4.78, 5) is 12.1. The summed E-state index contributed by atoms with van der Waals surface area (Å²) in [5, 5.41) is 8.51. The number of hydrogen-bond acceptors (Lipinski definition) is 5. The standard InChI is InChI=1S/C29H31N7/c1-22-9-7-10-24(32-22)29-28(26-11-3-6-19-36(26)33-29)25-12-15-31-27-21-23(13-20-35(25)27)30-14-8-18-34-16-4-2-5-17-34/h3,6-7,9-13,15,19-21H,2,4-5,8,14,16-18H2,1H3/p+1. The van der Waals surface area contributed by atoms with E-state index in [0.717, 1.165) is 58.2 Å². The molecule has 7 heteroatoms. The summed E-state index contributed by atoms with van der Waals surface area (Å²) in [5.74, 6) is 0. The molecule has 36 heavy (non-hydrogen) atoms. The van der Waals surface area contributed by atoms with Crippen molar-refractivity contribution in [2.24, 2.45) is 0 Å². The molecule has 5 aromatic rings. The Morgan fingerprint density at radius 3 is 2.81 bits per heavy atom. The molecule has 182 valence electrons. The molecule has 0 bridgehead atoms. The van der Waals surface area contributed by atoms with Crippen molar-refractivity contribution in [2.75, 3.05) is 31.5 Å². The maximum atomic E-state index is 4.92. The fraction of sp³-hybridized carbons (Fsp3) is 0.310. The molecular formula is C29H32N7+. The fourth-order valence-corrected chi connectivity index (χ4v) is 5.19. The Hall–Kier alpha value is -3.84. The van der Waals surface area contributed by atoms with Crippen molar-refractivity contribution < 1.29 is 4.40 Å². The van der Waals surface area contributed by atoms with E-state index in [1.54, 1.807) is 0 Å². The van der Waals surface area contributed by atoms with Crippen LogP contribution in [-0.4, -0.2) is 50.7 Å². The zero-order valence-corrected chi connectivity index (χ0v) is 20.8. The Bertz CT molecular complexity index is 1500. The minimum Gasteiger partial charge on any atom is -0.385 e. The monoisotopic (exact) mass is 478 g/mol. The summed E-state index contributed by atoms with van der Waals surface area (Å²) in [7, 11) is 0. The molecule has 6 rings (SSSR count). The van der Waals surface area contributed by atoms with Crippen LogP contribution in [0.15, 0.2) is 73.2 Å². The molecule has 0 aliphatic carbocycles. The van der Waals surface area contributed by atoms with Crippen LogP contribution in [0, 0.1) is 6.92 Å². The van der Waals surface area contributed by atoms with Crippen LogP contribution in [0.3, 0.4) is 0 Å². The van der Waals surface area contributed by atoms with E-state index in [0.29, 0.717) is 0 Å². The van der Waals surface area contributed by atoms with Gasteiger partial charge >= 0.3 is 5.65 Å². The van der Waals surface area contributed by atoms with Crippen molar-refractivity contribution in [1.82, 2.24) is 24.5 Å². The molecule has 0 aromatic carbocycles. The Labute approximate surface area is 211 Å². The van der Waals surface area contributed by atoms with Gasteiger partial charge in [-0.1, -0.05) is 18.6 Å². The second-order valence-electron chi connectivity index (χ2n) is 9.57. The van der Waals surface area contributed by atoms with Gasteiger partial charge in [0, 0.05) is 36.3 Å². The lowest BCUT2D eigenvalue weighted by Gasteiger charge is -2.26. The van der Waals surface area contributed by atoms with E-state index in [4.69, 9.17) is 10.1 Å². The van der Waals surface area contributed by atoms with Crippen LogP contribution >= 0.6 is 0 Å². The number of hydrogen-bond donors (Lipinski definition) is 1. The van der Waals surface area contributed by atoms with Crippen molar-refractivity contribution in [3.8, 4) is 22.6 Å². The summed E-state index contributed by atoms with van der Waals surface area (Å²) in [6.07, 6.45) is 11.2. The van der Waals surface area contributed by atoms with Gasteiger partial charge in [-0.2, -0.15) is 9.50 Å². The summed E-state index contributed by atoms with van der Waals surface area (Å²) < 4.78 is 4.07. The highest BCUT2D eigenvalue weighted by Gasteiger charge is 2.23. The lowest BCUT2D eigenvalue weighted by Crippen LogP contribution is -2.31. The van der Waals surface area contributed by atoms with Gasteiger partial charge in [-0.15, -0.1) is 0 Å². The molecule has 5 aromatic heterocycles. The third kappa shape index (κ3) is 4.54. The Morgan fingerprint density at radius 2 is 1.92 bits per heavy atom. The number of anilines is 1. The minimum absolute atomic E-state index is 0.866. The molecule has 0 amide bonds. The lowest BCUT2D eigenvalue weighted by atomic mass is 10.1. The Morgan fingerprint density at radius 1 is 1.00 bits per heavy atom. The number of nitrogens with zero attached hydrogens (tertiary/aromatic N) is 6. The predicted molar refractivity (Wildman–Crippen MR) is 143 cm³/mol. The Balaban J connectivity index is 1.32. The maximum absolute atomic E-state index is 4.92. The van der Waals surface area contributed by atoms with E-state index in [2.05, 4.69) is 50.1 Å². The van der Waals surface area contributed by atoms with E-state index < -0.39 is 0 Å². The average molecular weight is 479 g/mol. The molecule has 0 spiro atoms. The first-order valence-electron chi connectivity index (χ1n) is 12.9. The largest absolute Gasteiger partial charge is 0.385 e. The molecule has 1 aliphatic heterocycles. The van der Waals surface area contributed by atoms with Crippen LogP contribution in [0.2, 0.25) is 0 Å². The van der Waals surface area contributed by atoms with Gasteiger partial charge in [0.1, 0.15) is 17.6 Å². The number of piperidine rings is 1. The maximum Gasteiger partial charge on any atom is 0.330 e. The quantitative estimate of drug-likeness (QED) is 0.269. The van der Waals surface area contributed by atoms with E-state index in [9.17, 15) is 0 Å². The van der Waals surface area contributed by atoms with E-state index in [1.165, 1.54) is 38.9 Å². The van der Waals surface area contributed by atoms with Crippen LogP contribution in [0.25, 0.3) is 33.8 Å². The minimum atomic E-state index is 0.866. The molecule has 1 fully saturated rings. The van der Waals surface area contributed by atoms with Crippen LogP contribution in [-0.2, 0) is 0 Å². The lowest BCUT2D eigenvalue weighted by molar-refractivity contribution is -0.502. The van der Waals surface area contributed by atoms with Gasteiger partial charge < -0.3 is 10.2 Å². The summed E-state index contributed by atoms with van der Waals surface area (Å²) >= 11 is 0. The zero-order chi connectivity index (χ0) is 24.3. The van der Waals surface area contributed by atoms with Gasteiger partial charge in [0.15, 0.2) is 0 Å². The van der Waals surface area contributed by atoms with Crippen molar-refractivity contribution in [3.63, 3.8) is 0 Å². The first-order chi connectivity index (χ1) is 17.8. The smallest absolute Gasteiger partial charge is 0.330 e. The summed E-state index contributed by atoms with van der Waals surface area (Å²) in [5.41, 5.74) is 7.82. The van der Waals surface area contributed by atoms with E-state index >= 15 is 0 Å². The third-order valence-electron chi connectivity index (χ3n) is 6.99. The molecule has 0 radical (unpaired) electrons. The van der Waals surface area contributed by atoms with Crippen LogP contribution in [0.5, 0.6) is 0 Å². The van der Waals surface area contributed by atoms with Gasteiger partial charge in [-0.25, -0.2) is 4.52 Å². The number of fused-ring (bicyclic) bond motifs is 2. The highest BCUT2D eigenvalue weighted by atomic mass is 15.2. The van der Waals surface area contributed by atoms with Crippen molar-refractivity contribution in [2.45, 2.75) is 32.6 Å². The molecule has 1 saturated heterocycles. The molecule has 7 nitrogen and oxygen atoms in total. The van der Waals surface area contributed by atoms with Crippen molar-refractivity contribution >= 4 is 16.9 Å². The predicted octanol–water partition coefficient (Wildman–Crippen LogP) is 4.79. The van der Waals surface area contributed by atoms with Crippen molar-refractivity contribution in [1.29, 1.82) is 0 Å². The number of rotatable bonds is 7. The zero-order valence-electron chi connectivity index (χ0n) is 20.8. The molecule has 0 saturated carbocycles. The summed E-state index contributed by atoms with van der Waals surface area (Å²) in [6.45, 7) is 6.65. The van der Waals surface area contributed by atoms with Gasteiger partial charge in [-0.05, 0) is 75.1 Å². The number of aromatic nitrogens is 5. The SMILES string of the molecule is Cc1cccc(-c2nn3ccccc3c2-c2ccnc3cc(NCCCN4CCCCC4)cc[n+]23)n1. The molecule has 6 heterocycles. The summed E-state index contributed by atoms with van der Waals surface area (Å²) in [6, 6.07) is 18.5. The van der Waals surface area contributed by atoms with E-state index in [1.807, 2.05) is 54.2 Å². The molecule has 1 N–H and O–H groups in total. The molecule has 1 aliphatic rings. The van der Waals surface area contributed by atoms with Crippen LogP contribution < -0.4 is 9.72 Å². The molecule has 0 unspecified atom stereocenters. The highest BCUT2D eigenvalue weighted by molar-refractivity contribution is 5.89. The van der Waals surface area contributed by atoms with Gasteiger partial charge in [0.25, 0.3) is 0 Å². The first kappa shape index (κ1) is 22.6. The number of aryl methyl sites for hydroxylation is 1. The molecule has 0 atom stereocenters. The van der Waals surface area contributed by atoms with Gasteiger partial charge in [0.05, 0.1) is 29.0 Å². The van der Waals surface area contributed by atoms with Gasteiger partial charge in [0.2, 0.25) is 0 Å². The highest BCUT2D eigenvalue weighted by Crippen LogP contribution is 2.32. The fourth-order valence-electron chi connectivity index (χ4n) is 5.19. The van der Waals surface area contributed by atoms with Crippen LogP contribution in [0.4, 0.5) is 5.69 Å². The topological polar surface area (TPSA) is 62.5 Å². The second-order valence-corrected chi connectivity index (χ2v) is 9.57. The number of likely N-dealkylation sites (tertiary alicyclic amines) is 1. The average Bonchev–Trinajstić information content (AvgIpc) is 3.31. The van der Waals surface area contributed by atoms with Crippen LogP contribution in [0.1, 0.15) is 31.4 Å². The number of nitrogens with one attached hydrogen (secondary N) is 1. The normalized spacial score (nSPS) is 14.5. The van der Waals surface area contributed by atoms with E-state index in [-0.39, 0.29) is 0 Å². The molecular weight excluding hydrogens is 446 g/mol.